The monoisotopic (exact) mass is 923 g/mol. The van der Waals surface area contributed by atoms with Crippen molar-refractivity contribution in [2.45, 2.75) is 69.5 Å². The number of aliphatic hydroxyl groups is 5. The highest BCUT2D eigenvalue weighted by Gasteiger charge is 2.50. The first-order chi connectivity index (χ1) is 27.3. The van der Waals surface area contributed by atoms with Gasteiger partial charge in [0.15, 0.2) is 22.8 Å². The number of aliphatic hydroxyl groups excluding tert-OH is 5. The number of rotatable bonds is 20. The van der Waals surface area contributed by atoms with Crippen molar-refractivity contribution in [3.05, 3.63) is 24.5 Å². The molecule has 0 saturated carbocycles. The second-order valence-electron chi connectivity index (χ2n) is 13.7. The summed E-state index contributed by atoms with van der Waals surface area (Å²) in [6.45, 7) is 0.129. The lowest BCUT2D eigenvalue weighted by atomic mass is 9.87. The van der Waals surface area contributed by atoms with E-state index in [1.165, 1.54) is 13.8 Å². The van der Waals surface area contributed by atoms with E-state index >= 15 is 0 Å². The molecule has 2 aromatic heterocycles. The SMILES string of the molecule is CC(C)(COP(=O)(O)OP(=O)(O)OCC1OC(n2cnc3c(N)ncnc32)C(O)C1OP(=O)(O)O)C(O)C(=O)NCCC(=O)NCCSC(=O)C1C=C(O)C(O)C(O)C1. The van der Waals surface area contributed by atoms with Crippen LogP contribution in [0.2, 0.25) is 0 Å². The number of nitrogens with one attached hydrogen (secondary N) is 2. The molecule has 13 N–H and O–H groups in total. The minimum atomic E-state index is -5.60. The molecule has 0 radical (unpaired) electrons. The molecule has 0 aromatic carbocycles. The Labute approximate surface area is 337 Å². The number of amides is 2. The number of nitrogens with zero attached hydrogens (tertiary/aromatic N) is 4. The van der Waals surface area contributed by atoms with E-state index in [-0.39, 0.29) is 48.7 Å². The molecule has 1 aliphatic carbocycles. The van der Waals surface area contributed by atoms with E-state index in [0.717, 1.165) is 35.1 Å². The maximum Gasteiger partial charge on any atom is 0.481 e. The second-order valence-corrected chi connectivity index (χ2v) is 19.0. The van der Waals surface area contributed by atoms with Crippen molar-refractivity contribution in [1.29, 1.82) is 0 Å². The number of aromatic nitrogens is 4. The van der Waals surface area contributed by atoms with Crippen molar-refractivity contribution < 1.29 is 95.8 Å². The molecule has 10 atom stereocenters. The molecule has 31 heteroatoms. The molecule has 0 bridgehead atoms. The lowest BCUT2D eigenvalue weighted by Gasteiger charge is -2.30. The van der Waals surface area contributed by atoms with Gasteiger partial charge in [-0.2, -0.15) is 4.31 Å². The average molecular weight is 924 g/mol. The Morgan fingerprint density at radius 3 is 2.39 bits per heavy atom. The number of nitrogens with two attached hydrogens (primary N) is 1. The lowest BCUT2D eigenvalue weighted by Crippen LogP contribution is -2.46. The van der Waals surface area contributed by atoms with Gasteiger partial charge in [-0.15, -0.1) is 0 Å². The Balaban J connectivity index is 1.21. The molecule has 1 aliphatic heterocycles. The first-order valence-electron chi connectivity index (χ1n) is 17.1. The molecular formula is C28H44N7O20P3S. The van der Waals surface area contributed by atoms with Gasteiger partial charge >= 0.3 is 23.5 Å². The smallest absolute Gasteiger partial charge is 0.481 e. The van der Waals surface area contributed by atoms with E-state index in [1.54, 1.807) is 0 Å². The average Bonchev–Trinajstić information content (AvgIpc) is 3.70. The number of carbonyl (C=O) groups excluding carboxylic acids is 3. The van der Waals surface area contributed by atoms with Gasteiger partial charge in [0.2, 0.25) is 11.8 Å². The number of carbonyl (C=O) groups is 3. The largest absolute Gasteiger partial charge is 0.510 e. The number of hydrogen-bond acceptors (Lipinski definition) is 21. The lowest BCUT2D eigenvalue weighted by molar-refractivity contribution is -0.137. The summed E-state index contributed by atoms with van der Waals surface area (Å²) in [5.74, 6) is -2.82. The summed E-state index contributed by atoms with van der Waals surface area (Å²) in [4.78, 5) is 88.0. The summed E-state index contributed by atoms with van der Waals surface area (Å²) in [5, 5.41) is 54.8. The van der Waals surface area contributed by atoms with Crippen LogP contribution in [0.5, 0.6) is 0 Å². The van der Waals surface area contributed by atoms with Gasteiger partial charge in [0.25, 0.3) is 0 Å². The van der Waals surface area contributed by atoms with E-state index in [9.17, 15) is 73.2 Å². The van der Waals surface area contributed by atoms with Crippen molar-refractivity contribution in [3.8, 4) is 0 Å². The number of imidazole rings is 1. The van der Waals surface area contributed by atoms with Crippen LogP contribution in [0.25, 0.3) is 11.2 Å². The molecule has 332 valence electrons. The number of nitrogen functional groups attached to an aromatic ring is 1. The number of hydrogen-bond donors (Lipinski definition) is 12. The maximum atomic E-state index is 12.7. The zero-order chi connectivity index (χ0) is 44.1. The molecule has 27 nitrogen and oxygen atoms in total. The van der Waals surface area contributed by atoms with E-state index in [0.29, 0.717) is 0 Å². The Morgan fingerprint density at radius 2 is 1.73 bits per heavy atom. The van der Waals surface area contributed by atoms with Gasteiger partial charge in [0.1, 0.15) is 48.1 Å². The normalized spacial score (nSPS) is 26.4. The topological polar surface area (TPSA) is 424 Å². The third kappa shape index (κ3) is 13.5. The summed E-state index contributed by atoms with van der Waals surface area (Å²) in [5.41, 5.74) is 4.18. The fraction of sp³-hybridized carbons (Fsp3) is 0.643. The predicted molar refractivity (Wildman–Crippen MR) is 198 cm³/mol. The molecule has 1 saturated heterocycles. The minimum absolute atomic E-state index is 0.0165. The molecule has 2 amide bonds. The predicted octanol–water partition coefficient (Wildman–Crippen LogP) is -2.15. The van der Waals surface area contributed by atoms with E-state index in [1.807, 2.05) is 0 Å². The molecular weight excluding hydrogens is 879 g/mol. The van der Waals surface area contributed by atoms with E-state index in [4.69, 9.17) is 19.5 Å². The maximum absolute atomic E-state index is 12.7. The van der Waals surface area contributed by atoms with Crippen LogP contribution in [-0.4, -0.2) is 150 Å². The molecule has 1 fully saturated rings. The van der Waals surface area contributed by atoms with Crippen LogP contribution in [0.15, 0.2) is 24.5 Å². The number of anilines is 1. The molecule has 4 rings (SSSR count). The Kier molecular flexibility index (Phi) is 16.3. The van der Waals surface area contributed by atoms with Gasteiger partial charge in [-0.25, -0.2) is 28.6 Å². The first kappa shape index (κ1) is 48.7. The van der Waals surface area contributed by atoms with Crippen molar-refractivity contribution in [1.82, 2.24) is 30.2 Å². The van der Waals surface area contributed by atoms with Crippen LogP contribution < -0.4 is 16.4 Å². The Hall–Kier alpha value is -2.98. The summed E-state index contributed by atoms with van der Waals surface area (Å²) < 4.78 is 62.1. The fourth-order valence-corrected chi connectivity index (χ4v) is 9.12. The highest BCUT2D eigenvalue weighted by atomic mass is 32.2. The van der Waals surface area contributed by atoms with Gasteiger partial charge in [0, 0.05) is 30.7 Å². The van der Waals surface area contributed by atoms with E-state index in [2.05, 4.69) is 34.4 Å². The number of fused-ring (bicyclic) bond motifs is 1. The highest BCUT2D eigenvalue weighted by molar-refractivity contribution is 8.13. The van der Waals surface area contributed by atoms with E-state index < -0.39 is 114 Å². The molecule has 3 heterocycles. The molecule has 2 aromatic rings. The van der Waals surface area contributed by atoms with Crippen LogP contribution in [0, 0.1) is 11.3 Å². The van der Waals surface area contributed by atoms with Crippen molar-refractivity contribution >= 4 is 69.1 Å². The summed E-state index contributed by atoms with van der Waals surface area (Å²) >= 11 is 0.834. The van der Waals surface area contributed by atoms with Gasteiger partial charge in [-0.1, -0.05) is 25.6 Å². The zero-order valence-corrected chi connectivity index (χ0v) is 34.4. The summed E-state index contributed by atoms with van der Waals surface area (Å²) in [6, 6.07) is 0. The second kappa shape index (κ2) is 19.8. The molecule has 10 unspecified atom stereocenters. The number of phosphoric ester groups is 3. The minimum Gasteiger partial charge on any atom is -0.510 e. The van der Waals surface area contributed by atoms with Crippen LogP contribution in [0.3, 0.4) is 0 Å². The summed E-state index contributed by atoms with van der Waals surface area (Å²) in [7, 11) is -16.5. The number of ether oxygens (including phenoxy) is 1. The molecule has 0 spiro atoms. The quantitative estimate of drug-likeness (QED) is 0.0497. The third-order valence-electron chi connectivity index (χ3n) is 8.58. The molecule has 59 heavy (non-hydrogen) atoms. The zero-order valence-electron chi connectivity index (χ0n) is 30.9. The van der Waals surface area contributed by atoms with Crippen LogP contribution in [0.1, 0.15) is 32.9 Å². The number of allylic oxidation sites excluding steroid dienone is 1. The van der Waals surface area contributed by atoms with Crippen molar-refractivity contribution in [2.75, 3.05) is 37.8 Å². The highest BCUT2D eigenvalue weighted by Crippen LogP contribution is 2.61. The molecule has 2 aliphatic rings. The van der Waals surface area contributed by atoms with Gasteiger partial charge in [-0.05, 0) is 12.5 Å². The van der Waals surface area contributed by atoms with Crippen molar-refractivity contribution in [3.63, 3.8) is 0 Å². The Morgan fingerprint density at radius 1 is 1.05 bits per heavy atom. The summed E-state index contributed by atoms with van der Waals surface area (Å²) in [6.07, 6.45) is -8.85. The third-order valence-corrected chi connectivity index (χ3v) is 12.7. The van der Waals surface area contributed by atoms with Gasteiger partial charge in [-0.3, -0.25) is 32.5 Å². The van der Waals surface area contributed by atoms with Gasteiger partial charge < -0.3 is 66.2 Å². The standard InChI is InChI=1S/C28H44N7O20P3S/c1-28(2,22(41)25(42)31-4-3-17(38)30-5-6-59-27(43)13-7-14(36)19(39)15(37)8-13)10-52-58(49,50)55-57(47,48)51-9-16-21(54-56(44,45)46)20(40)26(53-16)35-12-34-18-23(29)32-11-33-24(18)35/h7,11-13,15-16,19-22,26,36-37,39-41H,3-6,8-10H2,1-2H3,(H,30,38)(H,31,42)(H,47,48)(H,49,50)(H2,29,32,33)(H2,44,45,46). The van der Waals surface area contributed by atoms with Crippen LogP contribution in [0.4, 0.5) is 5.82 Å². The van der Waals surface area contributed by atoms with Crippen LogP contribution >= 0.6 is 35.2 Å². The fourth-order valence-electron chi connectivity index (χ4n) is 5.51. The van der Waals surface area contributed by atoms with Crippen molar-refractivity contribution in [2.24, 2.45) is 11.3 Å². The number of phosphoric acid groups is 3. The van der Waals surface area contributed by atoms with Gasteiger partial charge in [0.05, 0.1) is 31.6 Å². The first-order valence-corrected chi connectivity index (χ1v) is 22.6. The Bertz CT molecular complexity index is 2020. The van der Waals surface area contributed by atoms with Crippen LogP contribution in [-0.2, 0) is 50.7 Å². The number of thioether (sulfide) groups is 1.